The number of fused-ring (bicyclic) bond motifs is 1. The predicted octanol–water partition coefficient (Wildman–Crippen LogP) is 2.48. The SMILES string of the molecule is Cc1c(C(=O)Nc2ccccn2)sc2ncnc(N3CCOCC3)c12. The molecule has 8 heteroatoms. The van der Waals surface area contributed by atoms with Crippen molar-refractivity contribution in [2.45, 2.75) is 6.92 Å². The van der Waals surface area contributed by atoms with Gasteiger partial charge in [-0.25, -0.2) is 15.0 Å². The zero-order valence-electron chi connectivity index (χ0n) is 13.7. The van der Waals surface area contributed by atoms with Gasteiger partial charge in [0.2, 0.25) is 0 Å². The molecule has 0 bridgehead atoms. The largest absolute Gasteiger partial charge is 0.378 e. The molecule has 1 aliphatic rings. The van der Waals surface area contributed by atoms with Gasteiger partial charge in [0, 0.05) is 19.3 Å². The van der Waals surface area contributed by atoms with E-state index >= 15 is 0 Å². The van der Waals surface area contributed by atoms with Crippen LogP contribution in [-0.4, -0.2) is 47.2 Å². The van der Waals surface area contributed by atoms with E-state index in [1.165, 1.54) is 11.3 Å². The summed E-state index contributed by atoms with van der Waals surface area (Å²) in [6.45, 7) is 4.89. The third-order valence-corrected chi connectivity index (χ3v) is 5.33. The van der Waals surface area contributed by atoms with E-state index in [0.717, 1.165) is 34.7 Å². The monoisotopic (exact) mass is 355 g/mol. The summed E-state index contributed by atoms with van der Waals surface area (Å²) >= 11 is 1.38. The van der Waals surface area contributed by atoms with Crippen molar-refractivity contribution in [1.82, 2.24) is 15.0 Å². The molecule has 3 aromatic heterocycles. The molecule has 0 aliphatic carbocycles. The van der Waals surface area contributed by atoms with Crippen LogP contribution in [0, 0.1) is 6.92 Å². The van der Waals surface area contributed by atoms with E-state index in [4.69, 9.17) is 4.74 Å². The number of nitrogens with zero attached hydrogens (tertiary/aromatic N) is 4. The van der Waals surface area contributed by atoms with E-state index < -0.39 is 0 Å². The molecule has 1 N–H and O–H groups in total. The second-order valence-corrected chi connectivity index (χ2v) is 6.70. The molecule has 1 aliphatic heterocycles. The summed E-state index contributed by atoms with van der Waals surface area (Å²) in [5, 5.41) is 3.78. The summed E-state index contributed by atoms with van der Waals surface area (Å²) < 4.78 is 5.42. The normalized spacial score (nSPS) is 14.7. The Morgan fingerprint density at radius 3 is 2.84 bits per heavy atom. The van der Waals surface area contributed by atoms with E-state index in [-0.39, 0.29) is 5.91 Å². The third-order valence-electron chi connectivity index (χ3n) is 4.13. The minimum absolute atomic E-state index is 0.174. The van der Waals surface area contributed by atoms with Gasteiger partial charge >= 0.3 is 0 Å². The number of morpholine rings is 1. The van der Waals surface area contributed by atoms with Gasteiger partial charge in [-0.2, -0.15) is 0 Å². The van der Waals surface area contributed by atoms with E-state index in [0.29, 0.717) is 23.9 Å². The molecule has 128 valence electrons. The summed E-state index contributed by atoms with van der Waals surface area (Å²) in [6, 6.07) is 5.41. The van der Waals surface area contributed by atoms with Gasteiger partial charge < -0.3 is 15.0 Å². The Kier molecular flexibility index (Phi) is 4.29. The molecule has 25 heavy (non-hydrogen) atoms. The first-order valence-electron chi connectivity index (χ1n) is 8.03. The zero-order chi connectivity index (χ0) is 17.2. The Morgan fingerprint density at radius 1 is 1.24 bits per heavy atom. The topological polar surface area (TPSA) is 80.2 Å². The van der Waals surface area contributed by atoms with E-state index in [2.05, 4.69) is 25.2 Å². The second kappa shape index (κ2) is 6.73. The lowest BCUT2D eigenvalue weighted by molar-refractivity contribution is 0.102. The van der Waals surface area contributed by atoms with Crippen LogP contribution in [0.1, 0.15) is 15.2 Å². The van der Waals surface area contributed by atoms with Gasteiger partial charge in [0.25, 0.3) is 5.91 Å². The van der Waals surface area contributed by atoms with Crippen molar-refractivity contribution in [3.8, 4) is 0 Å². The van der Waals surface area contributed by atoms with Crippen LogP contribution in [0.2, 0.25) is 0 Å². The van der Waals surface area contributed by atoms with Gasteiger partial charge in [0.05, 0.1) is 23.5 Å². The molecular formula is C17H17N5O2S. The van der Waals surface area contributed by atoms with Gasteiger partial charge in [-0.1, -0.05) is 6.07 Å². The van der Waals surface area contributed by atoms with Gasteiger partial charge in [-0.05, 0) is 24.6 Å². The summed E-state index contributed by atoms with van der Waals surface area (Å²) in [6.07, 6.45) is 3.21. The summed E-state index contributed by atoms with van der Waals surface area (Å²) in [7, 11) is 0. The molecule has 0 unspecified atom stereocenters. The number of nitrogens with one attached hydrogen (secondary N) is 1. The van der Waals surface area contributed by atoms with E-state index in [1.807, 2.05) is 19.1 Å². The molecule has 3 aromatic rings. The van der Waals surface area contributed by atoms with Crippen molar-refractivity contribution in [1.29, 1.82) is 0 Å². The maximum absolute atomic E-state index is 12.7. The molecule has 0 atom stereocenters. The second-order valence-electron chi connectivity index (χ2n) is 5.70. The number of hydrogen-bond acceptors (Lipinski definition) is 7. The molecule has 1 fully saturated rings. The Labute approximate surface area is 148 Å². The Balaban J connectivity index is 1.71. The fourth-order valence-electron chi connectivity index (χ4n) is 2.89. The van der Waals surface area contributed by atoms with Gasteiger partial charge in [-0.3, -0.25) is 4.79 Å². The maximum Gasteiger partial charge on any atom is 0.267 e. The molecule has 0 spiro atoms. The smallest absolute Gasteiger partial charge is 0.267 e. The predicted molar refractivity (Wildman–Crippen MR) is 97.4 cm³/mol. The lowest BCUT2D eigenvalue weighted by Crippen LogP contribution is -2.36. The summed E-state index contributed by atoms with van der Waals surface area (Å²) in [4.78, 5) is 29.3. The first-order valence-corrected chi connectivity index (χ1v) is 8.85. The molecular weight excluding hydrogens is 338 g/mol. The number of amides is 1. The molecule has 0 saturated carbocycles. The van der Waals surface area contributed by atoms with Crippen molar-refractivity contribution in [2.24, 2.45) is 0 Å². The van der Waals surface area contributed by atoms with Crippen LogP contribution < -0.4 is 10.2 Å². The maximum atomic E-state index is 12.7. The molecule has 4 rings (SSSR count). The fourth-order valence-corrected chi connectivity index (χ4v) is 3.93. The quantitative estimate of drug-likeness (QED) is 0.777. The van der Waals surface area contributed by atoms with Gasteiger partial charge in [0.1, 0.15) is 22.8 Å². The van der Waals surface area contributed by atoms with Crippen LogP contribution in [-0.2, 0) is 4.74 Å². The van der Waals surface area contributed by atoms with E-state index in [9.17, 15) is 4.79 Å². The van der Waals surface area contributed by atoms with Crippen molar-refractivity contribution in [3.63, 3.8) is 0 Å². The summed E-state index contributed by atoms with van der Waals surface area (Å²) in [5.74, 6) is 1.23. The highest BCUT2D eigenvalue weighted by Gasteiger charge is 2.23. The fraction of sp³-hybridized carbons (Fsp3) is 0.294. The van der Waals surface area contributed by atoms with Crippen molar-refractivity contribution in [2.75, 3.05) is 36.5 Å². The lowest BCUT2D eigenvalue weighted by Gasteiger charge is -2.28. The molecule has 1 saturated heterocycles. The van der Waals surface area contributed by atoms with Crippen LogP contribution in [0.5, 0.6) is 0 Å². The average Bonchev–Trinajstić information content (AvgIpc) is 3.00. The summed E-state index contributed by atoms with van der Waals surface area (Å²) in [5.41, 5.74) is 0.899. The number of anilines is 2. The first kappa shape index (κ1) is 15.9. The average molecular weight is 355 g/mol. The number of aryl methyl sites for hydroxylation is 1. The van der Waals surface area contributed by atoms with Gasteiger partial charge in [-0.15, -0.1) is 11.3 Å². The highest BCUT2D eigenvalue weighted by atomic mass is 32.1. The lowest BCUT2D eigenvalue weighted by atomic mass is 10.2. The van der Waals surface area contributed by atoms with Crippen molar-refractivity contribution < 1.29 is 9.53 Å². The third kappa shape index (κ3) is 3.06. The number of thiophene rings is 1. The first-order chi connectivity index (χ1) is 12.2. The van der Waals surface area contributed by atoms with E-state index in [1.54, 1.807) is 18.6 Å². The molecule has 0 aromatic carbocycles. The van der Waals surface area contributed by atoms with Crippen LogP contribution >= 0.6 is 11.3 Å². The van der Waals surface area contributed by atoms with Crippen molar-refractivity contribution >= 4 is 39.1 Å². The highest BCUT2D eigenvalue weighted by Crippen LogP contribution is 2.35. The number of carbonyl (C=O) groups is 1. The van der Waals surface area contributed by atoms with Crippen LogP contribution in [0.3, 0.4) is 0 Å². The molecule has 0 radical (unpaired) electrons. The van der Waals surface area contributed by atoms with Crippen LogP contribution in [0.25, 0.3) is 10.2 Å². The zero-order valence-corrected chi connectivity index (χ0v) is 14.5. The van der Waals surface area contributed by atoms with Crippen LogP contribution in [0.4, 0.5) is 11.6 Å². The van der Waals surface area contributed by atoms with Gasteiger partial charge in [0.15, 0.2) is 0 Å². The molecule has 7 nitrogen and oxygen atoms in total. The minimum Gasteiger partial charge on any atom is -0.378 e. The Morgan fingerprint density at radius 2 is 2.08 bits per heavy atom. The minimum atomic E-state index is -0.174. The standard InChI is InChI=1S/C17H17N5O2S/c1-11-13-15(22-6-8-24-9-7-22)19-10-20-17(13)25-14(11)16(23)21-12-4-2-3-5-18-12/h2-5,10H,6-9H2,1H3,(H,18,21,23). The Hall–Kier alpha value is -2.58. The number of hydrogen-bond donors (Lipinski definition) is 1. The van der Waals surface area contributed by atoms with Crippen molar-refractivity contribution in [3.05, 3.63) is 41.2 Å². The number of pyridine rings is 1. The Bertz CT molecular complexity index is 906. The number of aromatic nitrogens is 3. The number of rotatable bonds is 3. The number of carbonyl (C=O) groups excluding carboxylic acids is 1. The molecule has 1 amide bonds. The van der Waals surface area contributed by atoms with Crippen LogP contribution in [0.15, 0.2) is 30.7 Å². The highest BCUT2D eigenvalue weighted by molar-refractivity contribution is 7.20. The number of ether oxygens (including phenoxy) is 1. The molecule has 4 heterocycles.